The number of benzene rings is 2. The van der Waals surface area contributed by atoms with Crippen molar-refractivity contribution in [2.45, 2.75) is 13.1 Å². The molecule has 118 valence electrons. The van der Waals surface area contributed by atoms with Gasteiger partial charge in [-0.15, -0.1) is 0 Å². The van der Waals surface area contributed by atoms with Crippen LogP contribution in [0.1, 0.15) is 11.1 Å². The number of nitrogens with two attached hydrogens (primary N) is 1. The molecule has 0 saturated carbocycles. The molecule has 2 N–H and O–H groups in total. The number of aromatic nitrogens is 2. The molecule has 0 saturated heterocycles. The lowest BCUT2D eigenvalue weighted by molar-refractivity contribution is 0.805. The van der Waals surface area contributed by atoms with Gasteiger partial charge in [0.25, 0.3) is 0 Å². The Morgan fingerprint density at radius 1 is 1.04 bits per heavy atom. The van der Waals surface area contributed by atoms with Crippen molar-refractivity contribution in [2.24, 2.45) is 5.73 Å². The fourth-order valence-corrected chi connectivity index (χ4v) is 2.66. The maximum absolute atomic E-state index is 5.73. The van der Waals surface area contributed by atoms with Crippen molar-refractivity contribution < 1.29 is 0 Å². The Hall–Kier alpha value is -2.59. The summed E-state index contributed by atoms with van der Waals surface area (Å²) in [5, 5.41) is 0. The molecule has 3 rings (SSSR count). The van der Waals surface area contributed by atoms with Crippen LogP contribution in [0.3, 0.4) is 0 Å². The second kappa shape index (κ2) is 6.67. The predicted molar refractivity (Wildman–Crippen MR) is 95.4 cm³/mol. The normalized spacial score (nSPS) is 10.7. The average Bonchev–Trinajstić information content (AvgIpc) is 3.03. The van der Waals surface area contributed by atoms with Crippen LogP contribution < -0.4 is 10.6 Å². The smallest absolute Gasteiger partial charge is 0.140 e. The average molecular weight is 306 g/mol. The van der Waals surface area contributed by atoms with Crippen molar-refractivity contribution in [3.05, 3.63) is 72.1 Å². The molecule has 0 amide bonds. The second-order valence-electron chi connectivity index (χ2n) is 5.84. The highest BCUT2D eigenvalue weighted by molar-refractivity contribution is 5.60. The SMILES string of the molecule is CN(C)c1ccc(-c2nccn2Cc2cccc(CN)c2)cc1. The summed E-state index contributed by atoms with van der Waals surface area (Å²) < 4.78 is 2.17. The third-order valence-corrected chi connectivity index (χ3v) is 3.94. The second-order valence-corrected chi connectivity index (χ2v) is 5.84. The van der Waals surface area contributed by atoms with Gasteiger partial charge in [0.2, 0.25) is 0 Å². The molecule has 0 radical (unpaired) electrons. The van der Waals surface area contributed by atoms with E-state index in [1.54, 1.807) is 0 Å². The minimum atomic E-state index is 0.566. The fourth-order valence-electron chi connectivity index (χ4n) is 2.66. The van der Waals surface area contributed by atoms with Gasteiger partial charge in [-0.05, 0) is 35.4 Å². The Morgan fingerprint density at radius 2 is 1.78 bits per heavy atom. The van der Waals surface area contributed by atoms with Crippen LogP contribution in [0.25, 0.3) is 11.4 Å². The maximum atomic E-state index is 5.73. The standard InChI is InChI=1S/C19H22N4/c1-22(2)18-8-6-17(7-9-18)19-21-10-11-23(19)14-16-5-3-4-15(12-16)13-20/h3-12H,13-14,20H2,1-2H3. The predicted octanol–water partition coefficient (Wildman–Crippen LogP) is 3.12. The monoisotopic (exact) mass is 306 g/mol. The number of imidazole rings is 1. The van der Waals surface area contributed by atoms with E-state index in [1.807, 2.05) is 26.5 Å². The molecule has 0 aliphatic rings. The van der Waals surface area contributed by atoms with Crippen LogP contribution in [0, 0.1) is 0 Å². The largest absolute Gasteiger partial charge is 0.378 e. The molecule has 2 aromatic carbocycles. The molecule has 4 heteroatoms. The Labute approximate surface area is 137 Å². The quantitative estimate of drug-likeness (QED) is 0.788. The van der Waals surface area contributed by atoms with Crippen LogP contribution in [0.15, 0.2) is 60.9 Å². The third-order valence-electron chi connectivity index (χ3n) is 3.94. The van der Waals surface area contributed by atoms with Gasteiger partial charge in [-0.2, -0.15) is 0 Å². The zero-order valence-electron chi connectivity index (χ0n) is 13.6. The molecular formula is C19H22N4. The maximum Gasteiger partial charge on any atom is 0.140 e. The van der Waals surface area contributed by atoms with Crippen molar-refractivity contribution in [1.29, 1.82) is 0 Å². The number of rotatable bonds is 5. The summed E-state index contributed by atoms with van der Waals surface area (Å²) in [6.07, 6.45) is 3.87. The highest BCUT2D eigenvalue weighted by atomic mass is 15.1. The van der Waals surface area contributed by atoms with Crippen molar-refractivity contribution >= 4 is 5.69 Å². The van der Waals surface area contributed by atoms with Gasteiger partial charge in [0, 0.05) is 50.8 Å². The lowest BCUT2D eigenvalue weighted by atomic mass is 10.1. The highest BCUT2D eigenvalue weighted by Gasteiger charge is 2.07. The van der Waals surface area contributed by atoms with Crippen LogP contribution in [0.2, 0.25) is 0 Å². The number of hydrogen-bond donors (Lipinski definition) is 1. The first kappa shape index (κ1) is 15.3. The van der Waals surface area contributed by atoms with Gasteiger partial charge in [-0.3, -0.25) is 0 Å². The summed E-state index contributed by atoms with van der Waals surface area (Å²) in [5.41, 5.74) is 10.4. The Bertz CT molecular complexity index is 772. The van der Waals surface area contributed by atoms with E-state index in [0.29, 0.717) is 6.54 Å². The van der Waals surface area contributed by atoms with Gasteiger partial charge in [-0.1, -0.05) is 24.3 Å². The Morgan fingerprint density at radius 3 is 2.48 bits per heavy atom. The van der Waals surface area contributed by atoms with Crippen molar-refractivity contribution in [1.82, 2.24) is 9.55 Å². The van der Waals surface area contributed by atoms with Gasteiger partial charge >= 0.3 is 0 Å². The van der Waals surface area contributed by atoms with E-state index >= 15 is 0 Å². The van der Waals surface area contributed by atoms with Crippen LogP contribution in [0.4, 0.5) is 5.69 Å². The number of anilines is 1. The summed E-state index contributed by atoms with van der Waals surface area (Å²) >= 11 is 0. The zero-order chi connectivity index (χ0) is 16.2. The van der Waals surface area contributed by atoms with E-state index in [2.05, 4.69) is 63.0 Å². The molecule has 1 aromatic heterocycles. The first-order valence-electron chi connectivity index (χ1n) is 7.74. The minimum Gasteiger partial charge on any atom is -0.378 e. The van der Waals surface area contributed by atoms with E-state index in [-0.39, 0.29) is 0 Å². The van der Waals surface area contributed by atoms with Gasteiger partial charge in [0.15, 0.2) is 0 Å². The summed E-state index contributed by atoms with van der Waals surface area (Å²) in [4.78, 5) is 6.62. The Balaban J connectivity index is 1.87. The first-order valence-corrected chi connectivity index (χ1v) is 7.74. The van der Waals surface area contributed by atoms with Gasteiger partial charge in [0.1, 0.15) is 5.82 Å². The van der Waals surface area contributed by atoms with Crippen LogP contribution in [-0.4, -0.2) is 23.6 Å². The van der Waals surface area contributed by atoms with E-state index in [1.165, 1.54) is 11.3 Å². The molecular weight excluding hydrogens is 284 g/mol. The van der Waals surface area contributed by atoms with E-state index in [9.17, 15) is 0 Å². The van der Waals surface area contributed by atoms with Gasteiger partial charge < -0.3 is 15.2 Å². The summed E-state index contributed by atoms with van der Waals surface area (Å²) in [7, 11) is 4.08. The third kappa shape index (κ3) is 3.43. The summed E-state index contributed by atoms with van der Waals surface area (Å²) in [6.45, 7) is 1.36. The Kier molecular flexibility index (Phi) is 4.44. The summed E-state index contributed by atoms with van der Waals surface area (Å²) in [5.74, 6) is 0.980. The molecule has 0 fully saturated rings. The van der Waals surface area contributed by atoms with E-state index in [4.69, 9.17) is 5.73 Å². The molecule has 0 bridgehead atoms. The van der Waals surface area contributed by atoms with Crippen molar-refractivity contribution in [2.75, 3.05) is 19.0 Å². The molecule has 1 heterocycles. The molecule has 0 unspecified atom stereocenters. The summed E-state index contributed by atoms with van der Waals surface area (Å²) in [6, 6.07) is 16.8. The van der Waals surface area contributed by atoms with E-state index in [0.717, 1.165) is 23.5 Å². The molecule has 3 aromatic rings. The van der Waals surface area contributed by atoms with Crippen LogP contribution in [-0.2, 0) is 13.1 Å². The number of hydrogen-bond acceptors (Lipinski definition) is 3. The molecule has 0 atom stereocenters. The van der Waals surface area contributed by atoms with Crippen molar-refractivity contribution in [3.8, 4) is 11.4 Å². The van der Waals surface area contributed by atoms with Crippen LogP contribution >= 0.6 is 0 Å². The lowest BCUT2D eigenvalue weighted by Gasteiger charge is -2.13. The van der Waals surface area contributed by atoms with Gasteiger partial charge in [0.05, 0.1) is 0 Å². The minimum absolute atomic E-state index is 0.566. The van der Waals surface area contributed by atoms with E-state index < -0.39 is 0 Å². The zero-order valence-corrected chi connectivity index (χ0v) is 13.6. The molecule has 23 heavy (non-hydrogen) atoms. The molecule has 0 spiro atoms. The fraction of sp³-hybridized carbons (Fsp3) is 0.211. The molecule has 4 nitrogen and oxygen atoms in total. The lowest BCUT2D eigenvalue weighted by Crippen LogP contribution is -2.08. The molecule has 0 aliphatic heterocycles. The highest BCUT2D eigenvalue weighted by Crippen LogP contribution is 2.22. The van der Waals surface area contributed by atoms with Gasteiger partial charge in [-0.25, -0.2) is 4.98 Å². The topological polar surface area (TPSA) is 47.1 Å². The van der Waals surface area contributed by atoms with Crippen LogP contribution in [0.5, 0.6) is 0 Å². The number of nitrogens with zero attached hydrogens (tertiary/aromatic N) is 3. The molecule has 0 aliphatic carbocycles. The first-order chi connectivity index (χ1) is 11.2. The van der Waals surface area contributed by atoms with Crippen molar-refractivity contribution in [3.63, 3.8) is 0 Å².